The van der Waals surface area contributed by atoms with E-state index in [4.69, 9.17) is 4.74 Å². The van der Waals surface area contributed by atoms with Crippen LogP contribution < -0.4 is 26.8 Å². The predicted octanol–water partition coefficient (Wildman–Crippen LogP) is 7.06. The van der Waals surface area contributed by atoms with E-state index < -0.39 is 12.2 Å². The number of phenolic OH excluding ortho intramolecular Hbond substituents is 1. The second-order valence-corrected chi connectivity index (χ2v) is 16.1. The predicted molar refractivity (Wildman–Crippen MR) is 245 cm³/mol. The summed E-state index contributed by atoms with van der Waals surface area (Å²) in [5.74, 6) is -0.265. The van der Waals surface area contributed by atoms with Gasteiger partial charge in [0.2, 0.25) is 17.4 Å². The molecule has 5 aromatic carbocycles. The van der Waals surface area contributed by atoms with Crippen molar-refractivity contribution in [2.24, 2.45) is 0 Å². The Labute approximate surface area is 366 Å². The molecule has 0 bridgehead atoms. The lowest BCUT2D eigenvalue weighted by atomic mass is 10.0. The number of phenols is 1. The first kappa shape index (κ1) is 44.3. The summed E-state index contributed by atoms with van der Waals surface area (Å²) < 4.78 is 5.76. The Bertz CT molecular complexity index is 2560. The van der Waals surface area contributed by atoms with E-state index in [1.165, 1.54) is 12.1 Å². The van der Waals surface area contributed by atoms with Crippen molar-refractivity contribution >= 4 is 40.2 Å². The molecule has 3 amide bonds. The van der Waals surface area contributed by atoms with E-state index in [1.54, 1.807) is 12.1 Å². The van der Waals surface area contributed by atoms with E-state index in [9.17, 15) is 29.4 Å². The van der Waals surface area contributed by atoms with E-state index in [2.05, 4.69) is 31.2 Å². The number of hydrogen-bond donors (Lipinski definition) is 7. The van der Waals surface area contributed by atoms with Gasteiger partial charge in [-0.25, -0.2) is 4.79 Å². The molecule has 0 spiro atoms. The van der Waals surface area contributed by atoms with Gasteiger partial charge in [0, 0.05) is 67.9 Å². The first-order chi connectivity index (χ1) is 30.6. The summed E-state index contributed by atoms with van der Waals surface area (Å²) in [4.78, 5) is 55.1. The Balaban J connectivity index is 0.778. The van der Waals surface area contributed by atoms with E-state index in [1.807, 2.05) is 110 Å². The highest BCUT2D eigenvalue weighted by atomic mass is 16.6. The molecule has 7 rings (SSSR count). The molecule has 0 saturated carbocycles. The van der Waals surface area contributed by atoms with Crippen LogP contribution >= 0.6 is 0 Å². The van der Waals surface area contributed by atoms with Gasteiger partial charge in [0.15, 0.2) is 0 Å². The smallest absolute Gasteiger partial charge is 0.411 e. The number of rotatable bonds is 17. The third-order valence-electron chi connectivity index (χ3n) is 11.3. The molecule has 1 aromatic heterocycles. The number of anilines is 2. The van der Waals surface area contributed by atoms with Gasteiger partial charge in [-0.1, -0.05) is 91.0 Å². The van der Waals surface area contributed by atoms with Crippen LogP contribution in [0, 0.1) is 0 Å². The number of pyridine rings is 1. The quantitative estimate of drug-likeness (QED) is 0.0505. The number of carbonyl (C=O) groups excluding carboxylic acids is 3. The third kappa shape index (κ3) is 12.6. The minimum absolute atomic E-state index is 0.0379. The van der Waals surface area contributed by atoms with Crippen molar-refractivity contribution in [3.05, 3.63) is 160 Å². The molecule has 13 nitrogen and oxygen atoms in total. The molecule has 2 heterocycles. The molecule has 13 heteroatoms. The number of aromatic hydroxyl groups is 1. The molecular weight excluding hydrogens is 797 g/mol. The Morgan fingerprint density at radius 2 is 1.56 bits per heavy atom. The largest absolute Gasteiger partial charge is 0.506 e. The van der Waals surface area contributed by atoms with Crippen LogP contribution in [0.15, 0.2) is 132 Å². The fourth-order valence-corrected chi connectivity index (χ4v) is 7.89. The van der Waals surface area contributed by atoms with Gasteiger partial charge in [0.05, 0.1) is 23.7 Å². The van der Waals surface area contributed by atoms with E-state index in [0.29, 0.717) is 66.6 Å². The molecule has 1 unspecified atom stereocenters. The summed E-state index contributed by atoms with van der Waals surface area (Å²) in [7, 11) is 0. The van der Waals surface area contributed by atoms with Gasteiger partial charge in [-0.15, -0.1) is 0 Å². The number of aromatic amines is 1. The van der Waals surface area contributed by atoms with E-state index in [-0.39, 0.29) is 48.2 Å². The molecule has 1 saturated heterocycles. The van der Waals surface area contributed by atoms with E-state index in [0.717, 1.165) is 40.9 Å². The number of H-pyrrole nitrogens is 1. The van der Waals surface area contributed by atoms with Gasteiger partial charge >= 0.3 is 6.09 Å². The van der Waals surface area contributed by atoms with Crippen molar-refractivity contribution in [3.8, 4) is 16.9 Å². The number of aliphatic hydroxyl groups is 1. The number of aromatic nitrogens is 1. The maximum Gasteiger partial charge on any atom is 0.411 e. The number of ether oxygens (including phenoxy) is 1. The standard InChI is InChI=1S/C50H54N6O7/c1-33(51-32-45(58)41-18-20-44(57)49-42(41)19-21-47(60)55-49)28-34-14-16-35(17-15-34)30-48(61)53-38-11-7-8-36(29-38)31-52-46(59)24-27-56-25-22-39(23-26-56)63-50(62)54-43-13-6-5-12-40(43)37-9-3-2-4-10-37/h2-21,29,33,39,45,51,57-58H,22-28,30-32H2,1H3,(H,52,59)(H,53,61)(H,54,62)(H,55,60)/t33?,45-/m0/s1. The van der Waals surface area contributed by atoms with Gasteiger partial charge in [-0.3, -0.25) is 19.7 Å². The lowest BCUT2D eigenvalue weighted by Crippen LogP contribution is -2.40. The molecule has 326 valence electrons. The van der Waals surface area contributed by atoms with Gasteiger partial charge in [-0.05, 0) is 84.3 Å². The summed E-state index contributed by atoms with van der Waals surface area (Å²) >= 11 is 0. The topological polar surface area (TPSA) is 185 Å². The van der Waals surface area contributed by atoms with Crippen LogP contribution in [0.4, 0.5) is 16.2 Å². The Hall–Kier alpha value is -6.80. The first-order valence-electron chi connectivity index (χ1n) is 21.4. The summed E-state index contributed by atoms with van der Waals surface area (Å²) in [6.45, 7) is 4.71. The van der Waals surface area contributed by atoms with Gasteiger partial charge < -0.3 is 40.8 Å². The van der Waals surface area contributed by atoms with Crippen molar-refractivity contribution in [1.82, 2.24) is 20.5 Å². The first-order valence-corrected chi connectivity index (χ1v) is 21.4. The van der Waals surface area contributed by atoms with Crippen LogP contribution in [0.5, 0.6) is 5.75 Å². The minimum atomic E-state index is -0.853. The molecule has 0 aliphatic carbocycles. The number of likely N-dealkylation sites (tertiary alicyclic amines) is 1. The maximum atomic E-state index is 13.0. The SMILES string of the molecule is CC(Cc1ccc(CC(=O)Nc2cccc(CNC(=O)CCN3CCC(OC(=O)Nc4ccccc4-c4ccccc4)CC3)c2)cc1)NC[C@H](O)c1ccc(O)c2[nH]c(=O)ccc12. The molecule has 2 atom stereocenters. The summed E-state index contributed by atoms with van der Waals surface area (Å²) in [5.41, 5.74) is 6.68. The maximum absolute atomic E-state index is 13.0. The number of carbonyl (C=O) groups is 3. The number of amides is 3. The van der Waals surface area contributed by atoms with Crippen molar-refractivity contribution in [3.63, 3.8) is 0 Å². The van der Waals surface area contributed by atoms with Crippen molar-refractivity contribution in [2.45, 2.75) is 63.8 Å². The molecule has 63 heavy (non-hydrogen) atoms. The van der Waals surface area contributed by atoms with Gasteiger partial charge in [0.1, 0.15) is 11.9 Å². The average molecular weight is 851 g/mol. The molecule has 1 aliphatic heterocycles. The average Bonchev–Trinajstić information content (AvgIpc) is 3.29. The van der Waals surface area contributed by atoms with Crippen LogP contribution in [-0.4, -0.2) is 76.3 Å². The highest BCUT2D eigenvalue weighted by molar-refractivity contribution is 5.93. The van der Waals surface area contributed by atoms with E-state index >= 15 is 0 Å². The van der Waals surface area contributed by atoms with Crippen LogP contribution in [-0.2, 0) is 33.7 Å². The zero-order chi connectivity index (χ0) is 44.1. The molecular formula is C50H54N6O7. The number of fused-ring (bicyclic) bond motifs is 1. The molecule has 6 aromatic rings. The third-order valence-corrected chi connectivity index (χ3v) is 11.3. The highest BCUT2D eigenvalue weighted by Gasteiger charge is 2.23. The number of aliphatic hydroxyl groups excluding tert-OH is 1. The normalized spacial score (nSPS) is 14.1. The van der Waals surface area contributed by atoms with Gasteiger partial charge in [-0.2, -0.15) is 0 Å². The Morgan fingerprint density at radius 3 is 2.35 bits per heavy atom. The van der Waals surface area contributed by atoms with Crippen molar-refractivity contribution in [1.29, 1.82) is 0 Å². The number of para-hydroxylation sites is 1. The molecule has 1 aliphatic rings. The van der Waals surface area contributed by atoms with Crippen LogP contribution in [0.3, 0.4) is 0 Å². The molecule has 0 radical (unpaired) electrons. The summed E-state index contributed by atoms with van der Waals surface area (Å²) in [6.07, 6.45) is 1.12. The zero-order valence-corrected chi connectivity index (χ0v) is 35.3. The number of nitrogens with one attached hydrogen (secondary N) is 5. The molecule has 7 N–H and O–H groups in total. The highest BCUT2D eigenvalue weighted by Crippen LogP contribution is 2.30. The second kappa shape index (κ2) is 21.3. The van der Waals surface area contributed by atoms with Crippen LogP contribution in [0.1, 0.15) is 54.5 Å². The lowest BCUT2D eigenvalue weighted by Gasteiger charge is -2.31. The minimum Gasteiger partial charge on any atom is -0.506 e. The second-order valence-electron chi connectivity index (χ2n) is 16.1. The summed E-state index contributed by atoms with van der Waals surface area (Å²) in [5, 5.41) is 33.9. The number of piperidine rings is 1. The Morgan fingerprint density at radius 1 is 0.810 bits per heavy atom. The monoisotopic (exact) mass is 850 g/mol. The fraction of sp³-hybridized carbons (Fsp3) is 0.280. The number of hydrogen-bond acceptors (Lipinski definition) is 9. The fourth-order valence-electron chi connectivity index (χ4n) is 7.89. The van der Waals surface area contributed by atoms with Crippen LogP contribution in [0.25, 0.3) is 22.0 Å². The van der Waals surface area contributed by atoms with Crippen molar-refractivity contribution in [2.75, 3.05) is 36.8 Å². The van der Waals surface area contributed by atoms with Crippen LogP contribution in [0.2, 0.25) is 0 Å². The summed E-state index contributed by atoms with van der Waals surface area (Å²) in [6, 6.07) is 39.0. The lowest BCUT2D eigenvalue weighted by molar-refractivity contribution is -0.121. The molecule has 1 fully saturated rings. The van der Waals surface area contributed by atoms with Crippen molar-refractivity contribution < 1.29 is 29.3 Å². The Kier molecular flexibility index (Phi) is 15.0. The number of benzene rings is 5. The van der Waals surface area contributed by atoms with Gasteiger partial charge in [0.25, 0.3) is 0 Å². The zero-order valence-electron chi connectivity index (χ0n) is 35.3. The number of nitrogens with zero attached hydrogens (tertiary/aromatic N) is 1.